The molecule has 6 nitrogen and oxygen atoms in total. The van der Waals surface area contributed by atoms with Crippen LogP contribution in [-0.2, 0) is 19.6 Å². The van der Waals surface area contributed by atoms with Gasteiger partial charge in [0, 0.05) is 25.4 Å². The maximum Gasteiger partial charge on any atom is 0.240 e. The summed E-state index contributed by atoms with van der Waals surface area (Å²) in [5.41, 5.74) is 0.960. The zero-order valence-electron chi connectivity index (χ0n) is 11.5. The molecule has 1 aromatic rings. The maximum atomic E-state index is 12.0. The Bertz CT molecular complexity index is 610. The molecule has 0 radical (unpaired) electrons. The molecule has 1 aliphatic rings. The Morgan fingerprint density at radius 2 is 2.10 bits per heavy atom. The highest BCUT2D eigenvalue weighted by Gasteiger charge is 2.23. The second-order valence-corrected chi connectivity index (χ2v) is 6.48. The molecule has 1 aliphatic heterocycles. The van der Waals surface area contributed by atoms with E-state index in [1.807, 2.05) is 0 Å². The highest BCUT2D eigenvalue weighted by molar-refractivity contribution is 7.89. The van der Waals surface area contributed by atoms with Crippen molar-refractivity contribution in [3.8, 4) is 0 Å². The van der Waals surface area contributed by atoms with E-state index in [2.05, 4.69) is 16.6 Å². The Morgan fingerprint density at radius 1 is 1.38 bits per heavy atom. The monoisotopic (exact) mass is 310 g/mol. The van der Waals surface area contributed by atoms with Gasteiger partial charge in [0.15, 0.2) is 0 Å². The summed E-state index contributed by atoms with van der Waals surface area (Å²) in [4.78, 5) is 11.4. The summed E-state index contributed by atoms with van der Waals surface area (Å²) in [6.07, 6.45) is 1.71. The first kappa shape index (κ1) is 15.5. The van der Waals surface area contributed by atoms with Gasteiger partial charge in [-0.15, -0.1) is 0 Å². The summed E-state index contributed by atoms with van der Waals surface area (Å²) in [6, 6.07) is 6.60. The molecule has 1 atom stereocenters. The van der Waals surface area contributed by atoms with Crippen LogP contribution < -0.4 is 10.0 Å². The van der Waals surface area contributed by atoms with Crippen molar-refractivity contribution in [3.05, 3.63) is 42.7 Å². The Labute approximate surface area is 124 Å². The van der Waals surface area contributed by atoms with E-state index in [1.165, 1.54) is 6.26 Å². The van der Waals surface area contributed by atoms with Gasteiger partial charge in [-0.1, -0.05) is 18.7 Å². The second-order valence-electron chi connectivity index (χ2n) is 4.71. The van der Waals surface area contributed by atoms with E-state index in [0.717, 1.165) is 5.56 Å². The van der Waals surface area contributed by atoms with Crippen LogP contribution in [0.4, 0.5) is 0 Å². The van der Waals surface area contributed by atoms with Crippen molar-refractivity contribution < 1.29 is 17.9 Å². The maximum absolute atomic E-state index is 12.0. The molecule has 0 saturated carbocycles. The fourth-order valence-corrected chi connectivity index (χ4v) is 3.17. The zero-order valence-corrected chi connectivity index (χ0v) is 12.4. The van der Waals surface area contributed by atoms with E-state index in [1.54, 1.807) is 24.3 Å². The number of hydrogen-bond donors (Lipinski definition) is 2. The van der Waals surface area contributed by atoms with Crippen LogP contribution in [0.5, 0.6) is 0 Å². The summed E-state index contributed by atoms with van der Waals surface area (Å²) < 4.78 is 31.3. The molecule has 2 rings (SSSR count). The van der Waals surface area contributed by atoms with Crippen molar-refractivity contribution in [2.75, 3.05) is 19.7 Å². The van der Waals surface area contributed by atoms with Crippen LogP contribution in [0.25, 0.3) is 0 Å². The third kappa shape index (κ3) is 4.05. The Morgan fingerprint density at radius 3 is 2.67 bits per heavy atom. The predicted molar refractivity (Wildman–Crippen MR) is 78.1 cm³/mol. The van der Waals surface area contributed by atoms with Gasteiger partial charge in [0.2, 0.25) is 15.9 Å². The third-order valence-corrected chi connectivity index (χ3v) is 4.75. The number of amides is 1. The van der Waals surface area contributed by atoms with Gasteiger partial charge in [0.25, 0.3) is 0 Å². The van der Waals surface area contributed by atoms with Crippen LogP contribution in [0.2, 0.25) is 0 Å². The summed E-state index contributed by atoms with van der Waals surface area (Å²) in [5, 5.41) is 2.76. The number of hydrogen-bond acceptors (Lipinski definition) is 4. The molecule has 1 saturated heterocycles. The molecule has 2 N–H and O–H groups in total. The fourth-order valence-electron chi connectivity index (χ4n) is 2.16. The Hall–Kier alpha value is -1.86. The summed E-state index contributed by atoms with van der Waals surface area (Å²) >= 11 is 0. The molecule has 0 aromatic heterocycles. The third-order valence-electron chi connectivity index (χ3n) is 3.27. The standard InChI is InChI=1S/C14H18N2O4S/c1-2-20-8-7-16-21(18,19)13-5-3-11(4-6-13)12-9-14(17)15-10-12/h2-6,12,16H,1,7-10H2,(H,15,17)/t12-/m1/s1. The molecular weight excluding hydrogens is 292 g/mol. The number of benzene rings is 1. The number of carbonyl (C=O) groups excluding carboxylic acids is 1. The zero-order chi connectivity index (χ0) is 15.3. The number of ether oxygens (including phenoxy) is 1. The van der Waals surface area contributed by atoms with Crippen LogP contribution in [0, 0.1) is 0 Å². The Balaban J connectivity index is 2.00. The topological polar surface area (TPSA) is 84.5 Å². The largest absolute Gasteiger partial charge is 0.500 e. The first-order valence-electron chi connectivity index (χ1n) is 6.62. The molecule has 7 heteroatoms. The van der Waals surface area contributed by atoms with Gasteiger partial charge in [-0.05, 0) is 17.7 Å². The minimum atomic E-state index is -3.54. The average molecular weight is 310 g/mol. The first-order valence-corrected chi connectivity index (χ1v) is 8.10. The number of rotatable bonds is 7. The van der Waals surface area contributed by atoms with Gasteiger partial charge in [-0.2, -0.15) is 0 Å². The SMILES string of the molecule is C=COCCNS(=O)(=O)c1ccc([C@H]2CNC(=O)C2)cc1. The van der Waals surface area contributed by atoms with Crippen LogP contribution in [0.15, 0.2) is 42.0 Å². The molecule has 0 unspecified atom stereocenters. The molecule has 1 amide bonds. The normalized spacial score (nSPS) is 18.3. The lowest BCUT2D eigenvalue weighted by atomic mass is 9.99. The summed E-state index contributed by atoms with van der Waals surface area (Å²) in [6.45, 7) is 4.39. The van der Waals surface area contributed by atoms with Crippen molar-refractivity contribution in [1.29, 1.82) is 0 Å². The van der Waals surface area contributed by atoms with Gasteiger partial charge in [-0.3, -0.25) is 4.79 Å². The van der Waals surface area contributed by atoms with Crippen molar-refractivity contribution >= 4 is 15.9 Å². The lowest BCUT2D eigenvalue weighted by Crippen LogP contribution is -2.27. The number of carbonyl (C=O) groups is 1. The van der Waals surface area contributed by atoms with Crippen LogP contribution >= 0.6 is 0 Å². The quantitative estimate of drug-likeness (QED) is 0.574. The van der Waals surface area contributed by atoms with Crippen LogP contribution in [-0.4, -0.2) is 34.0 Å². The van der Waals surface area contributed by atoms with Gasteiger partial charge in [0.1, 0.15) is 6.61 Å². The van der Waals surface area contributed by atoms with E-state index in [9.17, 15) is 13.2 Å². The average Bonchev–Trinajstić information content (AvgIpc) is 2.90. The highest BCUT2D eigenvalue weighted by Crippen LogP contribution is 2.24. The minimum absolute atomic E-state index is 0.0283. The van der Waals surface area contributed by atoms with Crippen LogP contribution in [0.1, 0.15) is 17.9 Å². The molecular formula is C14H18N2O4S. The Kier molecular flexibility index (Phi) is 4.98. The minimum Gasteiger partial charge on any atom is -0.500 e. The summed E-state index contributed by atoms with van der Waals surface area (Å²) in [7, 11) is -3.54. The lowest BCUT2D eigenvalue weighted by molar-refractivity contribution is -0.119. The van der Waals surface area contributed by atoms with E-state index in [4.69, 9.17) is 4.74 Å². The first-order chi connectivity index (χ1) is 10.0. The highest BCUT2D eigenvalue weighted by atomic mass is 32.2. The van der Waals surface area contributed by atoms with Crippen LogP contribution in [0.3, 0.4) is 0 Å². The molecule has 0 bridgehead atoms. The van der Waals surface area contributed by atoms with E-state index in [-0.39, 0.29) is 29.9 Å². The smallest absolute Gasteiger partial charge is 0.240 e. The molecule has 1 aromatic carbocycles. The van der Waals surface area contributed by atoms with Crippen molar-refractivity contribution in [1.82, 2.24) is 10.0 Å². The van der Waals surface area contributed by atoms with E-state index < -0.39 is 10.0 Å². The van der Waals surface area contributed by atoms with Gasteiger partial charge in [0.05, 0.1) is 11.2 Å². The predicted octanol–water partition coefficient (Wildman–Crippen LogP) is 0.728. The molecule has 1 heterocycles. The van der Waals surface area contributed by atoms with Gasteiger partial charge >= 0.3 is 0 Å². The summed E-state index contributed by atoms with van der Waals surface area (Å²) in [5.74, 6) is 0.142. The molecule has 21 heavy (non-hydrogen) atoms. The van der Waals surface area contributed by atoms with Gasteiger partial charge < -0.3 is 10.1 Å². The van der Waals surface area contributed by atoms with E-state index >= 15 is 0 Å². The second kappa shape index (κ2) is 6.73. The lowest BCUT2D eigenvalue weighted by Gasteiger charge is -2.10. The molecule has 0 aliphatic carbocycles. The molecule has 1 fully saturated rings. The van der Waals surface area contributed by atoms with Crippen molar-refractivity contribution in [2.45, 2.75) is 17.2 Å². The molecule has 0 spiro atoms. The number of sulfonamides is 1. The van der Waals surface area contributed by atoms with Crippen molar-refractivity contribution in [3.63, 3.8) is 0 Å². The molecule has 114 valence electrons. The fraction of sp³-hybridized carbons (Fsp3) is 0.357. The van der Waals surface area contributed by atoms with E-state index in [0.29, 0.717) is 13.0 Å². The van der Waals surface area contributed by atoms with Crippen molar-refractivity contribution in [2.24, 2.45) is 0 Å². The van der Waals surface area contributed by atoms with Gasteiger partial charge in [-0.25, -0.2) is 13.1 Å². The number of nitrogens with one attached hydrogen (secondary N) is 2.